The molecule has 0 unspecified atom stereocenters. The minimum Gasteiger partial charge on any atom is -0.377 e. The van der Waals surface area contributed by atoms with Crippen LogP contribution in [0.5, 0.6) is 0 Å². The Bertz CT molecular complexity index is 440. The number of hydrogen-bond acceptors (Lipinski definition) is 7. The van der Waals surface area contributed by atoms with E-state index in [2.05, 4.69) is 20.4 Å². The van der Waals surface area contributed by atoms with Gasteiger partial charge in [-0.2, -0.15) is 0 Å². The number of nitrogens with zero attached hydrogens (tertiary/aromatic N) is 3. The average molecular weight is 300 g/mol. The van der Waals surface area contributed by atoms with Crippen LogP contribution in [-0.4, -0.2) is 60.5 Å². The normalized spacial score (nSPS) is 20.6. The van der Waals surface area contributed by atoms with Gasteiger partial charge in [-0.3, -0.25) is 15.0 Å². The van der Waals surface area contributed by atoms with Gasteiger partial charge >= 0.3 is 0 Å². The lowest BCUT2D eigenvalue weighted by Crippen LogP contribution is -2.37. The van der Waals surface area contributed by atoms with Crippen LogP contribution < -0.4 is 5.32 Å². The van der Waals surface area contributed by atoms with E-state index in [4.69, 9.17) is 9.47 Å². The van der Waals surface area contributed by atoms with Crippen LogP contribution in [0.4, 0.5) is 5.13 Å². The van der Waals surface area contributed by atoms with Crippen LogP contribution in [0.3, 0.4) is 0 Å². The molecular weight excluding hydrogens is 280 g/mol. The second-order valence-electron chi connectivity index (χ2n) is 4.75. The van der Waals surface area contributed by atoms with Crippen molar-refractivity contribution in [1.29, 1.82) is 0 Å². The molecular formula is C12H20N4O3S. The molecule has 0 bridgehead atoms. The van der Waals surface area contributed by atoms with Gasteiger partial charge in [0.15, 0.2) is 0 Å². The van der Waals surface area contributed by atoms with Gasteiger partial charge in [-0.05, 0) is 13.3 Å². The van der Waals surface area contributed by atoms with Gasteiger partial charge in [0.1, 0.15) is 11.6 Å². The number of aromatic nitrogens is 2. The zero-order chi connectivity index (χ0) is 14.4. The van der Waals surface area contributed by atoms with E-state index in [1.54, 1.807) is 7.11 Å². The number of anilines is 1. The van der Waals surface area contributed by atoms with E-state index in [0.717, 1.165) is 31.1 Å². The highest BCUT2D eigenvalue weighted by Crippen LogP contribution is 2.15. The van der Waals surface area contributed by atoms with Crippen molar-refractivity contribution in [3.05, 3.63) is 5.01 Å². The number of rotatable bonds is 5. The number of ether oxygens (including phenoxy) is 2. The zero-order valence-electron chi connectivity index (χ0n) is 11.8. The number of nitrogens with one attached hydrogen (secondary N) is 1. The first kappa shape index (κ1) is 15.3. The Hall–Kier alpha value is -1.09. The minimum absolute atomic E-state index is 0.0702. The summed E-state index contributed by atoms with van der Waals surface area (Å²) >= 11 is 1.33. The van der Waals surface area contributed by atoms with Crippen molar-refractivity contribution in [1.82, 2.24) is 15.1 Å². The van der Waals surface area contributed by atoms with Crippen LogP contribution in [0, 0.1) is 0 Å². The topological polar surface area (TPSA) is 76.6 Å². The Morgan fingerprint density at radius 3 is 3.25 bits per heavy atom. The van der Waals surface area contributed by atoms with Gasteiger partial charge in [-0.1, -0.05) is 11.3 Å². The first-order chi connectivity index (χ1) is 9.67. The van der Waals surface area contributed by atoms with Gasteiger partial charge in [0.25, 0.3) is 0 Å². The second-order valence-corrected chi connectivity index (χ2v) is 5.81. The maximum absolute atomic E-state index is 12.0. The Kier molecular flexibility index (Phi) is 5.84. The molecule has 1 aliphatic heterocycles. The Labute approximate surface area is 122 Å². The van der Waals surface area contributed by atoms with Crippen molar-refractivity contribution in [3.63, 3.8) is 0 Å². The molecule has 0 aromatic carbocycles. The highest BCUT2D eigenvalue weighted by atomic mass is 32.1. The van der Waals surface area contributed by atoms with Gasteiger partial charge < -0.3 is 9.47 Å². The molecule has 0 saturated carbocycles. The molecule has 7 nitrogen and oxygen atoms in total. The number of methoxy groups -OCH3 is 1. The molecule has 1 aromatic heterocycles. The second kappa shape index (κ2) is 7.63. The predicted molar refractivity (Wildman–Crippen MR) is 75.7 cm³/mol. The molecule has 1 aromatic rings. The lowest BCUT2D eigenvalue weighted by Gasteiger charge is -2.20. The van der Waals surface area contributed by atoms with Gasteiger partial charge in [0, 0.05) is 26.8 Å². The Morgan fingerprint density at radius 1 is 1.60 bits per heavy atom. The molecule has 1 atom stereocenters. The summed E-state index contributed by atoms with van der Waals surface area (Å²) in [5.74, 6) is -0.0702. The fraction of sp³-hybridized carbons (Fsp3) is 0.750. The largest absolute Gasteiger partial charge is 0.377 e. The van der Waals surface area contributed by atoms with Crippen LogP contribution in [0.2, 0.25) is 0 Å². The summed E-state index contributed by atoms with van der Waals surface area (Å²) < 4.78 is 10.5. The van der Waals surface area contributed by atoms with Crippen LogP contribution >= 0.6 is 11.3 Å². The van der Waals surface area contributed by atoms with E-state index >= 15 is 0 Å². The Morgan fingerprint density at radius 2 is 2.45 bits per heavy atom. The van der Waals surface area contributed by atoms with Crippen molar-refractivity contribution in [3.8, 4) is 0 Å². The maximum atomic E-state index is 12.0. The summed E-state index contributed by atoms with van der Waals surface area (Å²) in [6.45, 7) is 5.21. The predicted octanol–water partition coefficient (Wildman–Crippen LogP) is 0.734. The van der Waals surface area contributed by atoms with Gasteiger partial charge in [0.05, 0.1) is 12.6 Å². The number of hydrogen-bond donors (Lipinski definition) is 1. The standard InChI is InChI=1S/C12H20N4O3S/c1-9-6-16(4-3-5-19-9)7-10(17)13-12-15-14-11(20-12)8-18-2/h9H,3-8H2,1-2H3,(H,13,15,17)/t9-/m0/s1. The lowest BCUT2D eigenvalue weighted by molar-refractivity contribution is -0.117. The number of amides is 1. The molecule has 0 spiro atoms. The fourth-order valence-electron chi connectivity index (χ4n) is 2.07. The molecule has 0 radical (unpaired) electrons. The monoisotopic (exact) mass is 300 g/mol. The first-order valence-electron chi connectivity index (χ1n) is 6.62. The van der Waals surface area contributed by atoms with Crippen LogP contribution in [0.25, 0.3) is 0 Å². The average Bonchev–Trinajstić information content (AvgIpc) is 2.71. The van der Waals surface area contributed by atoms with Crippen molar-refractivity contribution in [2.45, 2.75) is 26.1 Å². The van der Waals surface area contributed by atoms with Crippen molar-refractivity contribution in [2.75, 3.05) is 38.7 Å². The third kappa shape index (κ3) is 4.78. The third-order valence-corrected chi connectivity index (χ3v) is 3.70. The van der Waals surface area contributed by atoms with E-state index < -0.39 is 0 Å². The molecule has 8 heteroatoms. The number of carbonyl (C=O) groups is 1. The van der Waals surface area contributed by atoms with Crippen LogP contribution in [0.15, 0.2) is 0 Å². The third-order valence-electron chi connectivity index (χ3n) is 2.88. The molecule has 1 saturated heterocycles. The Balaban J connectivity index is 1.81. The molecule has 1 aliphatic rings. The summed E-state index contributed by atoms with van der Waals surface area (Å²) in [4.78, 5) is 14.1. The van der Waals surface area contributed by atoms with Gasteiger partial charge in [-0.25, -0.2) is 0 Å². The highest BCUT2D eigenvalue weighted by Gasteiger charge is 2.18. The maximum Gasteiger partial charge on any atom is 0.240 e. The van der Waals surface area contributed by atoms with Gasteiger partial charge in [0.2, 0.25) is 11.0 Å². The quantitative estimate of drug-likeness (QED) is 0.864. The molecule has 1 amide bonds. The number of carbonyl (C=O) groups excluding carboxylic acids is 1. The summed E-state index contributed by atoms with van der Waals surface area (Å²) in [7, 11) is 1.60. The molecule has 112 valence electrons. The van der Waals surface area contributed by atoms with E-state index in [0.29, 0.717) is 18.3 Å². The summed E-state index contributed by atoms with van der Waals surface area (Å²) in [6, 6.07) is 0. The van der Waals surface area contributed by atoms with E-state index in [9.17, 15) is 4.79 Å². The summed E-state index contributed by atoms with van der Waals surface area (Å²) in [5, 5.41) is 11.9. The minimum atomic E-state index is -0.0702. The van der Waals surface area contributed by atoms with Crippen LogP contribution in [-0.2, 0) is 20.9 Å². The van der Waals surface area contributed by atoms with Crippen LogP contribution in [0.1, 0.15) is 18.4 Å². The van der Waals surface area contributed by atoms with Crippen molar-refractivity contribution < 1.29 is 14.3 Å². The van der Waals surface area contributed by atoms with Crippen molar-refractivity contribution in [2.24, 2.45) is 0 Å². The zero-order valence-corrected chi connectivity index (χ0v) is 12.6. The molecule has 20 heavy (non-hydrogen) atoms. The molecule has 2 rings (SSSR count). The first-order valence-corrected chi connectivity index (χ1v) is 7.44. The fourth-order valence-corrected chi connectivity index (χ4v) is 2.80. The smallest absolute Gasteiger partial charge is 0.240 e. The van der Waals surface area contributed by atoms with Crippen molar-refractivity contribution >= 4 is 22.4 Å². The summed E-state index contributed by atoms with van der Waals surface area (Å²) in [5.41, 5.74) is 0. The van der Waals surface area contributed by atoms with E-state index in [1.807, 2.05) is 6.92 Å². The molecule has 1 N–H and O–H groups in total. The molecule has 2 heterocycles. The van der Waals surface area contributed by atoms with E-state index in [-0.39, 0.29) is 12.0 Å². The van der Waals surface area contributed by atoms with E-state index in [1.165, 1.54) is 11.3 Å². The molecule has 1 fully saturated rings. The lowest BCUT2D eigenvalue weighted by atomic mass is 10.3. The van der Waals surface area contributed by atoms with Gasteiger partial charge in [-0.15, -0.1) is 10.2 Å². The molecule has 0 aliphatic carbocycles. The SMILES string of the molecule is COCc1nnc(NC(=O)CN2CCCO[C@@H](C)C2)s1. The summed E-state index contributed by atoms with van der Waals surface area (Å²) in [6.07, 6.45) is 1.12. The highest BCUT2D eigenvalue weighted by molar-refractivity contribution is 7.15.